The third-order valence-electron chi connectivity index (χ3n) is 4.34. The molecular weight excluding hydrogens is 314 g/mol. The maximum absolute atomic E-state index is 12.4. The molecule has 0 bridgehead atoms. The lowest BCUT2D eigenvalue weighted by Crippen LogP contribution is -2.33. The van der Waals surface area contributed by atoms with Gasteiger partial charge in [0.1, 0.15) is 0 Å². The average molecular weight is 339 g/mol. The van der Waals surface area contributed by atoms with Crippen molar-refractivity contribution >= 4 is 17.6 Å². The second-order valence-electron chi connectivity index (χ2n) is 6.58. The lowest BCUT2D eigenvalue weighted by atomic mass is 9.85. The van der Waals surface area contributed by atoms with Crippen LogP contribution in [0, 0.1) is 6.92 Å². The Labute approximate surface area is 149 Å². The molecule has 25 heavy (non-hydrogen) atoms. The third kappa shape index (κ3) is 4.47. The monoisotopic (exact) mass is 339 g/mol. The Morgan fingerprint density at radius 3 is 2.36 bits per heavy atom. The largest absolute Gasteiger partial charge is 0.455 e. The Morgan fingerprint density at radius 1 is 1.04 bits per heavy atom. The molecule has 0 aliphatic heterocycles. The fraction of sp³-hybridized carbons (Fsp3) is 0.333. The number of para-hydroxylation sites is 1. The molecular formula is C21H25NO3. The lowest BCUT2D eigenvalue weighted by molar-refractivity contribution is -0.152. The molecule has 2 aromatic carbocycles. The smallest absolute Gasteiger partial charge is 0.316 e. The molecule has 1 N–H and O–H groups in total. The topological polar surface area (TPSA) is 55.4 Å². The zero-order valence-corrected chi connectivity index (χ0v) is 15.3. The van der Waals surface area contributed by atoms with E-state index in [1.54, 1.807) is 13.8 Å². The second kappa shape index (κ2) is 7.97. The van der Waals surface area contributed by atoms with Gasteiger partial charge >= 0.3 is 5.97 Å². The predicted octanol–water partition coefficient (Wildman–Crippen LogP) is 4.02. The molecule has 0 aromatic heterocycles. The van der Waals surface area contributed by atoms with Crippen molar-refractivity contribution in [2.45, 2.75) is 39.5 Å². The summed E-state index contributed by atoms with van der Waals surface area (Å²) in [7, 11) is 0. The number of hydrogen-bond donors (Lipinski definition) is 1. The first-order valence-corrected chi connectivity index (χ1v) is 8.47. The maximum Gasteiger partial charge on any atom is 0.316 e. The standard InChI is InChI=1S/C21H25NO3/c1-5-16-11-9-10-15(2)19(16)22-18(23)14-25-20(24)21(3,4)17-12-7-6-8-13-17/h6-13H,5,14H2,1-4H3,(H,22,23). The lowest BCUT2D eigenvalue weighted by Gasteiger charge is -2.23. The van der Waals surface area contributed by atoms with Crippen molar-refractivity contribution in [3.8, 4) is 0 Å². The SMILES string of the molecule is CCc1cccc(C)c1NC(=O)COC(=O)C(C)(C)c1ccccc1. The number of carbonyl (C=O) groups is 2. The summed E-state index contributed by atoms with van der Waals surface area (Å²) in [5.74, 6) is -0.754. The van der Waals surface area contributed by atoms with E-state index in [0.717, 1.165) is 28.8 Å². The fourth-order valence-electron chi connectivity index (χ4n) is 2.66. The number of esters is 1. The van der Waals surface area contributed by atoms with Gasteiger partial charge in [-0.3, -0.25) is 9.59 Å². The van der Waals surface area contributed by atoms with Gasteiger partial charge in [0.2, 0.25) is 0 Å². The van der Waals surface area contributed by atoms with E-state index in [-0.39, 0.29) is 12.5 Å². The Kier molecular flexibility index (Phi) is 5.97. The highest BCUT2D eigenvalue weighted by atomic mass is 16.5. The molecule has 0 heterocycles. The molecule has 0 saturated heterocycles. The predicted molar refractivity (Wildman–Crippen MR) is 99.6 cm³/mol. The van der Waals surface area contributed by atoms with Gasteiger partial charge in [-0.05, 0) is 43.9 Å². The van der Waals surface area contributed by atoms with Gasteiger partial charge in [-0.2, -0.15) is 0 Å². The number of anilines is 1. The van der Waals surface area contributed by atoms with Crippen LogP contribution in [0.1, 0.15) is 37.5 Å². The highest BCUT2D eigenvalue weighted by molar-refractivity contribution is 5.95. The number of carbonyl (C=O) groups excluding carboxylic acids is 2. The third-order valence-corrected chi connectivity index (χ3v) is 4.34. The van der Waals surface area contributed by atoms with Gasteiger partial charge in [0.05, 0.1) is 5.41 Å². The van der Waals surface area contributed by atoms with Crippen molar-refractivity contribution in [2.75, 3.05) is 11.9 Å². The van der Waals surface area contributed by atoms with E-state index in [1.807, 2.05) is 62.4 Å². The minimum absolute atomic E-state index is 0.299. The maximum atomic E-state index is 12.4. The number of aryl methyl sites for hydroxylation is 2. The molecule has 0 spiro atoms. The summed E-state index contributed by atoms with van der Waals surface area (Å²) < 4.78 is 5.26. The fourth-order valence-corrected chi connectivity index (χ4v) is 2.66. The van der Waals surface area contributed by atoms with E-state index < -0.39 is 11.4 Å². The van der Waals surface area contributed by atoms with Crippen molar-refractivity contribution in [1.29, 1.82) is 0 Å². The average Bonchev–Trinajstić information content (AvgIpc) is 2.62. The first-order chi connectivity index (χ1) is 11.9. The Morgan fingerprint density at radius 2 is 1.72 bits per heavy atom. The van der Waals surface area contributed by atoms with Gasteiger partial charge in [0.25, 0.3) is 5.91 Å². The van der Waals surface area contributed by atoms with Gasteiger partial charge in [-0.25, -0.2) is 0 Å². The number of benzene rings is 2. The zero-order valence-electron chi connectivity index (χ0n) is 15.3. The molecule has 2 aromatic rings. The molecule has 132 valence electrons. The summed E-state index contributed by atoms with van der Waals surface area (Å²) in [4.78, 5) is 24.6. The highest BCUT2D eigenvalue weighted by Gasteiger charge is 2.31. The summed E-state index contributed by atoms with van der Waals surface area (Å²) in [5, 5.41) is 2.86. The van der Waals surface area contributed by atoms with Crippen LogP contribution in [0.2, 0.25) is 0 Å². The molecule has 0 unspecified atom stereocenters. The number of amides is 1. The van der Waals surface area contributed by atoms with E-state index >= 15 is 0 Å². The van der Waals surface area contributed by atoms with Crippen molar-refractivity contribution in [3.63, 3.8) is 0 Å². The number of ether oxygens (including phenoxy) is 1. The van der Waals surface area contributed by atoms with Gasteiger partial charge in [0, 0.05) is 5.69 Å². The molecule has 4 nitrogen and oxygen atoms in total. The van der Waals surface area contributed by atoms with Crippen LogP contribution in [0.3, 0.4) is 0 Å². The van der Waals surface area contributed by atoms with Gasteiger partial charge in [-0.15, -0.1) is 0 Å². The minimum Gasteiger partial charge on any atom is -0.455 e. The van der Waals surface area contributed by atoms with Gasteiger partial charge < -0.3 is 10.1 Å². The molecule has 4 heteroatoms. The van der Waals surface area contributed by atoms with E-state index in [2.05, 4.69) is 5.32 Å². The van der Waals surface area contributed by atoms with Crippen LogP contribution < -0.4 is 5.32 Å². The minimum atomic E-state index is -0.807. The van der Waals surface area contributed by atoms with Crippen LogP contribution in [0.25, 0.3) is 0 Å². The summed E-state index contributed by atoms with van der Waals surface area (Å²) >= 11 is 0. The van der Waals surface area contributed by atoms with Crippen LogP contribution in [0.4, 0.5) is 5.69 Å². The molecule has 0 aliphatic rings. The summed E-state index contributed by atoms with van der Waals surface area (Å²) in [5.41, 5.74) is 2.90. The van der Waals surface area contributed by atoms with Crippen molar-refractivity contribution in [3.05, 3.63) is 65.2 Å². The molecule has 0 radical (unpaired) electrons. The van der Waals surface area contributed by atoms with E-state index in [0.29, 0.717) is 0 Å². The quantitative estimate of drug-likeness (QED) is 0.809. The molecule has 2 rings (SSSR count). The van der Waals surface area contributed by atoms with Gasteiger partial charge in [0.15, 0.2) is 6.61 Å². The van der Waals surface area contributed by atoms with Crippen LogP contribution in [-0.4, -0.2) is 18.5 Å². The summed E-state index contributed by atoms with van der Waals surface area (Å²) in [6.07, 6.45) is 0.818. The second-order valence-corrected chi connectivity index (χ2v) is 6.58. The van der Waals surface area contributed by atoms with Crippen molar-refractivity contribution in [1.82, 2.24) is 0 Å². The van der Waals surface area contributed by atoms with E-state index in [4.69, 9.17) is 4.74 Å². The zero-order chi connectivity index (χ0) is 18.4. The Balaban J connectivity index is 2.00. The van der Waals surface area contributed by atoms with Crippen LogP contribution in [0.15, 0.2) is 48.5 Å². The normalized spacial score (nSPS) is 11.0. The van der Waals surface area contributed by atoms with Crippen LogP contribution >= 0.6 is 0 Å². The van der Waals surface area contributed by atoms with E-state index in [9.17, 15) is 9.59 Å². The molecule has 0 atom stereocenters. The molecule has 1 amide bonds. The number of rotatable bonds is 6. The van der Waals surface area contributed by atoms with Gasteiger partial charge in [-0.1, -0.05) is 55.5 Å². The first kappa shape index (κ1) is 18.7. The molecule has 0 fully saturated rings. The first-order valence-electron chi connectivity index (χ1n) is 8.47. The number of nitrogens with one attached hydrogen (secondary N) is 1. The van der Waals surface area contributed by atoms with Crippen LogP contribution in [0.5, 0.6) is 0 Å². The Bertz CT molecular complexity index is 751. The van der Waals surface area contributed by atoms with E-state index in [1.165, 1.54) is 0 Å². The molecule has 0 aliphatic carbocycles. The van der Waals surface area contributed by atoms with Crippen molar-refractivity contribution in [2.24, 2.45) is 0 Å². The summed E-state index contributed by atoms with van der Waals surface area (Å²) in [6, 6.07) is 15.3. The van der Waals surface area contributed by atoms with Crippen LogP contribution in [-0.2, 0) is 26.2 Å². The Hall–Kier alpha value is -2.62. The number of hydrogen-bond acceptors (Lipinski definition) is 3. The molecule has 0 saturated carbocycles. The highest BCUT2D eigenvalue weighted by Crippen LogP contribution is 2.25. The summed E-state index contributed by atoms with van der Waals surface area (Å²) in [6.45, 7) is 7.26. The van der Waals surface area contributed by atoms with Crippen molar-refractivity contribution < 1.29 is 14.3 Å².